The Kier molecular flexibility index (Phi) is 3.90. The molecule has 2 aromatic rings. The molecule has 5 heteroatoms. The lowest BCUT2D eigenvalue weighted by Gasteiger charge is -2.25. The van der Waals surface area contributed by atoms with Crippen molar-refractivity contribution in [2.24, 2.45) is 5.92 Å². The minimum atomic E-state index is -0.556. The van der Waals surface area contributed by atoms with Gasteiger partial charge < -0.3 is 9.63 Å². The molecule has 4 nitrogen and oxygen atoms in total. The highest BCUT2D eigenvalue weighted by atomic mass is 19.1. The minimum absolute atomic E-state index is 0.117. The Morgan fingerprint density at radius 1 is 1.29 bits per heavy atom. The Bertz CT molecular complexity index is 618. The molecule has 1 N–H and O–H groups in total. The van der Waals surface area contributed by atoms with Crippen molar-refractivity contribution in [2.75, 3.05) is 0 Å². The predicted octanol–water partition coefficient (Wildman–Crippen LogP) is 4.27. The molecular weight excluding hydrogens is 271 g/mol. The van der Waals surface area contributed by atoms with E-state index in [1.165, 1.54) is 31.4 Å². The van der Waals surface area contributed by atoms with Crippen molar-refractivity contribution in [2.45, 2.75) is 44.9 Å². The van der Waals surface area contributed by atoms with Gasteiger partial charge in [-0.05, 0) is 43.7 Å². The molecule has 1 aromatic carbocycles. The Morgan fingerprint density at radius 2 is 2.05 bits per heavy atom. The van der Waals surface area contributed by atoms with Gasteiger partial charge in [-0.1, -0.05) is 18.5 Å². The number of nitrogens with zero attached hydrogens (tertiary/aromatic N) is 2. The van der Waals surface area contributed by atoms with Crippen LogP contribution < -0.4 is 0 Å². The number of rotatable bonds is 3. The van der Waals surface area contributed by atoms with E-state index in [2.05, 4.69) is 17.1 Å². The number of aromatic hydroxyl groups is 1. The molecule has 1 fully saturated rings. The largest absolute Gasteiger partial charge is 0.508 e. The zero-order chi connectivity index (χ0) is 14.8. The summed E-state index contributed by atoms with van der Waals surface area (Å²) in [6.07, 6.45) is 5.74. The summed E-state index contributed by atoms with van der Waals surface area (Å²) in [5.74, 6) is 1.30. The highest BCUT2D eigenvalue weighted by Crippen LogP contribution is 2.36. The number of aromatic nitrogens is 2. The van der Waals surface area contributed by atoms with E-state index in [9.17, 15) is 9.50 Å². The van der Waals surface area contributed by atoms with E-state index in [1.807, 2.05) is 0 Å². The summed E-state index contributed by atoms with van der Waals surface area (Å²) >= 11 is 0. The van der Waals surface area contributed by atoms with Crippen molar-refractivity contribution < 1.29 is 14.0 Å². The fraction of sp³-hybridized carbons (Fsp3) is 0.500. The first-order valence-corrected chi connectivity index (χ1v) is 7.50. The molecule has 112 valence electrons. The topological polar surface area (TPSA) is 59.2 Å². The molecule has 1 saturated carbocycles. The van der Waals surface area contributed by atoms with Gasteiger partial charge in [0.05, 0.1) is 5.56 Å². The maximum atomic E-state index is 13.8. The monoisotopic (exact) mass is 290 g/mol. The summed E-state index contributed by atoms with van der Waals surface area (Å²) in [4.78, 5) is 4.35. The molecule has 1 heterocycles. The number of phenols is 1. The molecule has 0 atom stereocenters. The van der Waals surface area contributed by atoms with E-state index in [0.29, 0.717) is 11.7 Å². The van der Waals surface area contributed by atoms with Crippen LogP contribution in [-0.2, 0) is 0 Å². The third-order valence-corrected chi connectivity index (χ3v) is 4.41. The number of benzene rings is 1. The molecule has 1 aliphatic carbocycles. The molecule has 1 aromatic heterocycles. The van der Waals surface area contributed by atoms with Gasteiger partial charge in [0, 0.05) is 12.0 Å². The summed E-state index contributed by atoms with van der Waals surface area (Å²) in [6.45, 7) is 2.23. The van der Waals surface area contributed by atoms with E-state index in [4.69, 9.17) is 4.52 Å². The minimum Gasteiger partial charge on any atom is -0.508 e. The average molecular weight is 290 g/mol. The van der Waals surface area contributed by atoms with Crippen molar-refractivity contribution >= 4 is 0 Å². The van der Waals surface area contributed by atoms with Crippen molar-refractivity contribution in [1.82, 2.24) is 10.1 Å². The van der Waals surface area contributed by atoms with Crippen LogP contribution >= 0.6 is 0 Å². The number of halogens is 1. The molecule has 0 amide bonds. The Balaban J connectivity index is 1.77. The van der Waals surface area contributed by atoms with Gasteiger partial charge in [-0.3, -0.25) is 0 Å². The second-order valence-electron chi connectivity index (χ2n) is 5.75. The van der Waals surface area contributed by atoms with Crippen LogP contribution in [0.5, 0.6) is 5.75 Å². The molecule has 3 rings (SSSR count). The highest BCUT2D eigenvalue weighted by molar-refractivity contribution is 5.55. The maximum Gasteiger partial charge on any atom is 0.260 e. The zero-order valence-corrected chi connectivity index (χ0v) is 12.1. The molecule has 0 saturated heterocycles. The van der Waals surface area contributed by atoms with Crippen molar-refractivity contribution in [3.05, 3.63) is 29.8 Å². The van der Waals surface area contributed by atoms with Gasteiger partial charge in [0.1, 0.15) is 11.6 Å². The molecule has 21 heavy (non-hydrogen) atoms. The van der Waals surface area contributed by atoms with Gasteiger partial charge in [0.25, 0.3) is 5.89 Å². The molecule has 1 aliphatic rings. The van der Waals surface area contributed by atoms with Gasteiger partial charge in [-0.15, -0.1) is 0 Å². The summed E-state index contributed by atoms with van der Waals surface area (Å²) in [5, 5.41) is 13.3. The first kappa shape index (κ1) is 14.0. The molecular formula is C16H19FN2O2. The second kappa shape index (κ2) is 5.84. The number of hydrogen-bond donors (Lipinski definition) is 1. The van der Waals surface area contributed by atoms with Crippen LogP contribution in [0.4, 0.5) is 4.39 Å². The van der Waals surface area contributed by atoms with Crippen LogP contribution in [-0.4, -0.2) is 15.2 Å². The quantitative estimate of drug-likeness (QED) is 0.917. The third-order valence-electron chi connectivity index (χ3n) is 4.41. The van der Waals surface area contributed by atoms with Crippen LogP contribution in [0.3, 0.4) is 0 Å². The molecule has 0 bridgehead atoms. The third kappa shape index (κ3) is 2.91. The standard InChI is InChI=1S/C16H19FN2O2/c1-2-10-3-5-11(6-4-10)15-18-16(21-19-15)13-8-7-12(20)9-14(13)17/h7-11,20H,2-6H2,1H3. The van der Waals surface area contributed by atoms with E-state index in [-0.39, 0.29) is 17.2 Å². The van der Waals surface area contributed by atoms with Gasteiger partial charge in [-0.2, -0.15) is 4.98 Å². The summed E-state index contributed by atoms with van der Waals surface area (Å²) in [6, 6.07) is 3.91. The lowest BCUT2D eigenvalue weighted by molar-refractivity contribution is 0.305. The zero-order valence-electron chi connectivity index (χ0n) is 12.1. The van der Waals surface area contributed by atoms with Gasteiger partial charge in [0.2, 0.25) is 0 Å². The number of hydrogen-bond acceptors (Lipinski definition) is 4. The summed E-state index contributed by atoms with van der Waals surface area (Å²) in [5.41, 5.74) is 0.230. The first-order chi connectivity index (χ1) is 10.2. The van der Waals surface area contributed by atoms with Crippen LogP contribution in [0.1, 0.15) is 50.8 Å². The van der Waals surface area contributed by atoms with E-state index < -0.39 is 5.82 Å². The van der Waals surface area contributed by atoms with E-state index in [1.54, 1.807) is 0 Å². The SMILES string of the molecule is CCC1CCC(c2noc(-c3ccc(O)cc3F)n2)CC1. The summed E-state index contributed by atoms with van der Waals surface area (Å²) in [7, 11) is 0. The van der Waals surface area contributed by atoms with E-state index >= 15 is 0 Å². The van der Waals surface area contributed by atoms with Crippen molar-refractivity contribution in [3.63, 3.8) is 0 Å². The van der Waals surface area contributed by atoms with Crippen LogP contribution in [0.2, 0.25) is 0 Å². The lowest BCUT2D eigenvalue weighted by Crippen LogP contribution is -2.13. The van der Waals surface area contributed by atoms with Crippen molar-refractivity contribution in [3.8, 4) is 17.2 Å². The maximum absolute atomic E-state index is 13.8. The lowest BCUT2D eigenvalue weighted by atomic mass is 9.80. The van der Waals surface area contributed by atoms with Gasteiger partial charge in [0.15, 0.2) is 5.82 Å². The fourth-order valence-corrected chi connectivity index (χ4v) is 3.02. The Morgan fingerprint density at radius 3 is 2.71 bits per heavy atom. The molecule has 0 aliphatic heterocycles. The van der Waals surface area contributed by atoms with E-state index in [0.717, 1.165) is 24.8 Å². The average Bonchev–Trinajstić information content (AvgIpc) is 2.97. The first-order valence-electron chi connectivity index (χ1n) is 7.50. The Hall–Kier alpha value is -1.91. The van der Waals surface area contributed by atoms with Crippen LogP contribution in [0.25, 0.3) is 11.5 Å². The van der Waals surface area contributed by atoms with Crippen LogP contribution in [0, 0.1) is 11.7 Å². The molecule has 0 spiro atoms. The Labute approximate surface area is 123 Å². The summed E-state index contributed by atoms with van der Waals surface area (Å²) < 4.78 is 19.0. The number of phenolic OH excluding ortho intramolecular Hbond substituents is 1. The normalized spacial score (nSPS) is 22.4. The molecule has 0 unspecified atom stereocenters. The molecule has 0 radical (unpaired) electrons. The van der Waals surface area contributed by atoms with Gasteiger partial charge >= 0.3 is 0 Å². The van der Waals surface area contributed by atoms with Crippen molar-refractivity contribution in [1.29, 1.82) is 0 Å². The smallest absolute Gasteiger partial charge is 0.260 e. The highest BCUT2D eigenvalue weighted by Gasteiger charge is 2.25. The van der Waals surface area contributed by atoms with Gasteiger partial charge in [-0.25, -0.2) is 4.39 Å². The fourth-order valence-electron chi connectivity index (χ4n) is 3.02. The van der Waals surface area contributed by atoms with Crippen LogP contribution in [0.15, 0.2) is 22.7 Å². The predicted molar refractivity (Wildman–Crippen MR) is 76.3 cm³/mol. The second-order valence-corrected chi connectivity index (χ2v) is 5.75.